The third-order valence-corrected chi connectivity index (χ3v) is 9.13. The molecule has 0 saturated carbocycles. The van der Waals surface area contributed by atoms with Gasteiger partial charge >= 0.3 is 0 Å². The van der Waals surface area contributed by atoms with E-state index in [1.807, 2.05) is 24.3 Å². The fourth-order valence-corrected chi connectivity index (χ4v) is 6.82. The van der Waals surface area contributed by atoms with Crippen molar-refractivity contribution in [2.24, 2.45) is 0 Å². The zero-order chi connectivity index (χ0) is 30.3. The topological polar surface area (TPSA) is 70.0 Å². The molecule has 222 valence electrons. The van der Waals surface area contributed by atoms with Gasteiger partial charge in [0.05, 0.1) is 0 Å². The van der Waals surface area contributed by atoms with Gasteiger partial charge in [0.2, 0.25) is 0 Å². The minimum Gasteiger partial charge on any atom is -0.508 e. The normalized spacial score (nSPS) is 13.4. The number of piperidine rings is 1. The maximum absolute atomic E-state index is 13.6. The van der Waals surface area contributed by atoms with Crippen LogP contribution in [0.25, 0.3) is 31.3 Å². The minimum absolute atomic E-state index is 0.0834. The van der Waals surface area contributed by atoms with Crippen LogP contribution in [0.3, 0.4) is 0 Å². The largest absolute Gasteiger partial charge is 0.508 e. The molecule has 0 spiro atoms. The number of hydrogen-bond donors (Lipinski definition) is 2. The van der Waals surface area contributed by atoms with Gasteiger partial charge in [0.1, 0.15) is 23.9 Å². The van der Waals surface area contributed by atoms with Crippen LogP contribution in [0.2, 0.25) is 0 Å². The molecule has 1 fully saturated rings. The molecule has 0 atom stereocenters. The number of likely N-dealkylation sites (tertiary alicyclic amines) is 1. The van der Waals surface area contributed by atoms with Crippen molar-refractivity contribution in [2.45, 2.75) is 19.3 Å². The fraction of sp³-hybridized carbons (Fsp3) is 0.184. The molecule has 1 saturated heterocycles. The van der Waals surface area contributed by atoms with Crippen LogP contribution in [0.4, 0.5) is 0 Å². The Balaban J connectivity index is 0.000000289. The van der Waals surface area contributed by atoms with Gasteiger partial charge in [0, 0.05) is 32.6 Å². The van der Waals surface area contributed by atoms with Crippen molar-refractivity contribution in [1.29, 1.82) is 0 Å². The molecule has 2 heterocycles. The van der Waals surface area contributed by atoms with Gasteiger partial charge in [-0.1, -0.05) is 55.0 Å². The van der Waals surface area contributed by atoms with E-state index >= 15 is 0 Å². The first-order valence-electron chi connectivity index (χ1n) is 15.0. The number of nitrogens with zero attached hydrogens (tertiary/aromatic N) is 1. The van der Waals surface area contributed by atoms with E-state index in [-0.39, 0.29) is 17.3 Å². The van der Waals surface area contributed by atoms with E-state index in [2.05, 4.69) is 53.4 Å². The molecule has 7 rings (SSSR count). The Kier molecular flexibility index (Phi) is 9.20. The van der Waals surface area contributed by atoms with Crippen LogP contribution in [-0.2, 0) is 0 Å². The summed E-state index contributed by atoms with van der Waals surface area (Å²) in [6.45, 7) is 3.85. The Hall–Kier alpha value is -4.65. The average molecular weight is 602 g/mol. The second kappa shape index (κ2) is 13.8. The SMILES string of the molecule is O=C(c1ccc(OCCN2CCCCC2)cc1)c1c(-c2ccc(O)cc2)sc2cc(O)ccc12.c1ccc2ccccc2c1. The molecule has 1 aliphatic rings. The lowest BCUT2D eigenvalue weighted by Gasteiger charge is -2.26. The molecule has 44 heavy (non-hydrogen) atoms. The monoisotopic (exact) mass is 601 g/mol. The van der Waals surface area contributed by atoms with Gasteiger partial charge < -0.3 is 14.9 Å². The lowest BCUT2D eigenvalue weighted by molar-refractivity contribution is 0.104. The maximum atomic E-state index is 13.6. The number of benzene rings is 5. The van der Waals surface area contributed by atoms with Crippen LogP contribution in [0.5, 0.6) is 17.2 Å². The molecule has 0 amide bonds. The highest BCUT2D eigenvalue weighted by Gasteiger charge is 2.22. The Morgan fingerprint density at radius 2 is 1.34 bits per heavy atom. The first-order valence-corrected chi connectivity index (χ1v) is 15.9. The Morgan fingerprint density at radius 1 is 0.727 bits per heavy atom. The third kappa shape index (κ3) is 6.94. The van der Waals surface area contributed by atoms with Crippen molar-refractivity contribution in [2.75, 3.05) is 26.2 Å². The summed E-state index contributed by atoms with van der Waals surface area (Å²) < 4.78 is 6.76. The summed E-state index contributed by atoms with van der Waals surface area (Å²) in [5, 5.41) is 23.1. The van der Waals surface area contributed by atoms with Gasteiger partial charge in [-0.15, -0.1) is 11.3 Å². The van der Waals surface area contributed by atoms with Crippen molar-refractivity contribution in [3.8, 4) is 27.7 Å². The van der Waals surface area contributed by atoms with Crippen molar-refractivity contribution in [3.63, 3.8) is 0 Å². The van der Waals surface area contributed by atoms with Crippen LogP contribution in [0, 0.1) is 0 Å². The summed E-state index contributed by atoms with van der Waals surface area (Å²) in [6, 6.07) is 35.9. The standard InChI is InChI=1S/C28H27NO4S.C10H8/c30-21-8-4-20(5-9-21)28-26(24-13-10-22(31)18-25(24)34-28)27(32)19-6-11-23(12-7-19)33-17-16-29-14-2-1-3-15-29;1-2-6-10-8-4-3-7-9(10)5-1/h4-13,18,30-31H,1-3,14-17H2;1-8H. The van der Waals surface area contributed by atoms with E-state index in [1.54, 1.807) is 42.5 Å². The van der Waals surface area contributed by atoms with Gasteiger partial charge in [-0.05, 0) is 109 Å². The number of phenolic OH excluding ortho intramolecular Hbond substituents is 2. The van der Waals surface area contributed by atoms with Gasteiger partial charge in [-0.3, -0.25) is 9.69 Å². The van der Waals surface area contributed by atoms with E-state index in [1.165, 1.54) is 41.4 Å². The molecule has 5 nitrogen and oxygen atoms in total. The Labute approximate surface area is 261 Å². The number of ether oxygens (including phenoxy) is 1. The fourth-order valence-electron chi connectivity index (χ4n) is 5.58. The number of fused-ring (bicyclic) bond motifs is 2. The van der Waals surface area contributed by atoms with Gasteiger partial charge in [-0.2, -0.15) is 0 Å². The van der Waals surface area contributed by atoms with Gasteiger partial charge in [-0.25, -0.2) is 0 Å². The van der Waals surface area contributed by atoms with Crippen LogP contribution < -0.4 is 4.74 Å². The van der Waals surface area contributed by atoms with Crippen LogP contribution in [0.15, 0.2) is 115 Å². The van der Waals surface area contributed by atoms with E-state index in [9.17, 15) is 15.0 Å². The highest BCUT2D eigenvalue weighted by Crippen LogP contribution is 2.41. The van der Waals surface area contributed by atoms with Crippen molar-refractivity contribution < 1.29 is 19.7 Å². The molecule has 1 aliphatic heterocycles. The molecule has 0 aliphatic carbocycles. The van der Waals surface area contributed by atoms with E-state index < -0.39 is 0 Å². The number of rotatable bonds is 7. The lowest BCUT2D eigenvalue weighted by atomic mass is 9.97. The molecule has 5 aromatic carbocycles. The number of thiophene rings is 1. The number of aromatic hydroxyl groups is 2. The summed E-state index contributed by atoms with van der Waals surface area (Å²) in [4.78, 5) is 16.9. The van der Waals surface area contributed by atoms with Crippen molar-refractivity contribution in [3.05, 3.63) is 126 Å². The first kappa shape index (κ1) is 29.4. The molecular formula is C38H35NO4S. The number of ketones is 1. The van der Waals surface area contributed by atoms with Gasteiger partial charge in [0.25, 0.3) is 0 Å². The van der Waals surface area contributed by atoms with Crippen LogP contribution in [-0.4, -0.2) is 47.1 Å². The predicted octanol–water partition coefficient (Wildman–Crippen LogP) is 8.92. The summed E-state index contributed by atoms with van der Waals surface area (Å²) in [5.74, 6) is 1.01. The second-order valence-electron chi connectivity index (χ2n) is 11.0. The highest BCUT2D eigenvalue weighted by atomic mass is 32.1. The van der Waals surface area contributed by atoms with Gasteiger partial charge in [0.15, 0.2) is 5.78 Å². The molecule has 1 aromatic heterocycles. The number of hydrogen-bond acceptors (Lipinski definition) is 6. The Bertz CT molecular complexity index is 1790. The van der Waals surface area contributed by atoms with Crippen molar-refractivity contribution >= 4 is 38.0 Å². The zero-order valence-electron chi connectivity index (χ0n) is 24.5. The molecule has 0 bridgehead atoms. The number of phenols is 2. The predicted molar refractivity (Wildman–Crippen MR) is 180 cm³/mol. The second-order valence-corrected chi connectivity index (χ2v) is 12.0. The molecule has 0 unspecified atom stereocenters. The molecule has 6 aromatic rings. The lowest BCUT2D eigenvalue weighted by Crippen LogP contribution is -2.33. The minimum atomic E-state index is -0.0834. The van der Waals surface area contributed by atoms with E-state index in [4.69, 9.17) is 4.74 Å². The van der Waals surface area contributed by atoms with E-state index in [0.717, 1.165) is 45.9 Å². The maximum Gasteiger partial charge on any atom is 0.195 e. The molecule has 0 radical (unpaired) electrons. The number of carbonyl (C=O) groups excluding carboxylic acids is 1. The zero-order valence-corrected chi connectivity index (χ0v) is 25.3. The summed E-state index contributed by atoms with van der Waals surface area (Å²) >= 11 is 1.46. The summed E-state index contributed by atoms with van der Waals surface area (Å²) in [6.07, 6.45) is 3.85. The molecular weight excluding hydrogens is 566 g/mol. The average Bonchev–Trinajstić information content (AvgIpc) is 3.44. The van der Waals surface area contributed by atoms with Crippen LogP contribution >= 0.6 is 11.3 Å². The smallest absolute Gasteiger partial charge is 0.195 e. The first-order chi connectivity index (χ1) is 21.5. The summed E-state index contributed by atoms with van der Waals surface area (Å²) in [5.41, 5.74) is 2.03. The molecule has 6 heteroatoms. The van der Waals surface area contributed by atoms with E-state index in [0.29, 0.717) is 17.7 Å². The summed E-state index contributed by atoms with van der Waals surface area (Å²) in [7, 11) is 0. The van der Waals surface area contributed by atoms with Crippen molar-refractivity contribution in [1.82, 2.24) is 4.90 Å². The third-order valence-electron chi connectivity index (χ3n) is 7.93. The Morgan fingerprint density at radius 3 is 1.98 bits per heavy atom. The molecule has 2 N–H and O–H groups in total. The quantitative estimate of drug-likeness (QED) is 0.179. The highest BCUT2D eigenvalue weighted by molar-refractivity contribution is 7.22. The number of carbonyl (C=O) groups is 1. The van der Waals surface area contributed by atoms with Crippen LogP contribution in [0.1, 0.15) is 35.2 Å².